The van der Waals surface area contributed by atoms with Gasteiger partial charge in [0, 0.05) is 16.6 Å². The zero-order chi connectivity index (χ0) is 12.4. The minimum absolute atomic E-state index is 0.532. The second-order valence-electron chi connectivity index (χ2n) is 4.63. The third-order valence-electron chi connectivity index (χ3n) is 3.25. The van der Waals surface area contributed by atoms with E-state index in [1.807, 2.05) is 35.1 Å². The molecule has 0 saturated carbocycles. The van der Waals surface area contributed by atoms with Crippen molar-refractivity contribution in [2.75, 3.05) is 6.54 Å². The van der Waals surface area contributed by atoms with E-state index in [1.165, 1.54) is 12.8 Å². The average Bonchev–Trinajstić information content (AvgIpc) is 3.02. The van der Waals surface area contributed by atoms with Gasteiger partial charge in [0.1, 0.15) is 5.69 Å². The Labute approximate surface area is 111 Å². The highest BCUT2D eigenvalue weighted by Crippen LogP contribution is 2.19. The van der Waals surface area contributed by atoms with E-state index in [0.717, 1.165) is 29.4 Å². The van der Waals surface area contributed by atoms with Gasteiger partial charge in [0.05, 0.1) is 12.7 Å². The number of nitrogens with one attached hydrogen (secondary N) is 1. The molecule has 1 atom stereocenters. The Hall–Kier alpha value is -1.39. The molecule has 0 radical (unpaired) electrons. The molecule has 0 aliphatic carbocycles. The summed E-state index contributed by atoms with van der Waals surface area (Å²) in [6, 6.07) is 8.20. The van der Waals surface area contributed by atoms with Crippen LogP contribution in [0.3, 0.4) is 0 Å². The van der Waals surface area contributed by atoms with Crippen LogP contribution < -0.4 is 5.32 Å². The number of nitrogens with zero attached hydrogens (tertiary/aromatic N) is 3. The first-order valence-electron chi connectivity index (χ1n) is 6.21. The van der Waals surface area contributed by atoms with Gasteiger partial charge in [0.2, 0.25) is 0 Å². The molecule has 2 aromatic rings. The van der Waals surface area contributed by atoms with E-state index < -0.39 is 0 Å². The topological polar surface area (TPSA) is 42.7 Å². The standard InChI is InChI=1S/C13H15ClN4/c14-11-5-3-10(4-6-11)13-9-18(17-16-13)8-12-2-1-7-15-12/h3-6,9,12,15H,1-2,7-8H2/t12-/m0/s1. The van der Waals surface area contributed by atoms with Gasteiger partial charge in [-0.2, -0.15) is 0 Å². The third kappa shape index (κ3) is 2.54. The molecular formula is C13H15ClN4. The quantitative estimate of drug-likeness (QED) is 0.923. The van der Waals surface area contributed by atoms with Gasteiger partial charge in [-0.1, -0.05) is 28.9 Å². The molecule has 0 bridgehead atoms. The maximum Gasteiger partial charge on any atom is 0.113 e. The lowest BCUT2D eigenvalue weighted by atomic mass is 10.2. The molecule has 0 unspecified atom stereocenters. The summed E-state index contributed by atoms with van der Waals surface area (Å²) in [5.41, 5.74) is 1.94. The zero-order valence-electron chi connectivity index (χ0n) is 10.0. The fourth-order valence-corrected chi connectivity index (χ4v) is 2.40. The van der Waals surface area contributed by atoms with Crippen LogP contribution in [0, 0.1) is 0 Å². The number of hydrogen-bond acceptors (Lipinski definition) is 3. The van der Waals surface area contributed by atoms with E-state index in [0.29, 0.717) is 6.04 Å². The first-order chi connectivity index (χ1) is 8.81. The Morgan fingerprint density at radius 2 is 2.17 bits per heavy atom. The molecule has 4 nitrogen and oxygen atoms in total. The number of rotatable bonds is 3. The number of halogens is 1. The van der Waals surface area contributed by atoms with Crippen LogP contribution in [0.15, 0.2) is 30.5 Å². The molecule has 0 amide bonds. The second-order valence-corrected chi connectivity index (χ2v) is 5.06. The van der Waals surface area contributed by atoms with E-state index in [-0.39, 0.29) is 0 Å². The molecular weight excluding hydrogens is 248 g/mol. The lowest BCUT2D eigenvalue weighted by molar-refractivity contribution is 0.466. The molecule has 3 rings (SSSR count). The summed E-state index contributed by atoms with van der Waals surface area (Å²) in [4.78, 5) is 0. The van der Waals surface area contributed by atoms with Gasteiger partial charge in [-0.25, -0.2) is 0 Å². The molecule has 94 valence electrons. The van der Waals surface area contributed by atoms with Crippen molar-refractivity contribution < 1.29 is 0 Å². The minimum Gasteiger partial charge on any atom is -0.312 e. The van der Waals surface area contributed by atoms with Crippen LogP contribution in [-0.4, -0.2) is 27.6 Å². The van der Waals surface area contributed by atoms with Gasteiger partial charge >= 0.3 is 0 Å². The molecule has 1 aromatic carbocycles. The van der Waals surface area contributed by atoms with Crippen molar-refractivity contribution in [2.24, 2.45) is 0 Å². The highest BCUT2D eigenvalue weighted by Gasteiger charge is 2.15. The van der Waals surface area contributed by atoms with Crippen molar-refractivity contribution in [1.29, 1.82) is 0 Å². The Morgan fingerprint density at radius 1 is 1.33 bits per heavy atom. The first-order valence-corrected chi connectivity index (χ1v) is 6.58. The van der Waals surface area contributed by atoms with Crippen LogP contribution in [-0.2, 0) is 6.54 Å². The predicted octanol–water partition coefficient (Wildman–Crippen LogP) is 2.35. The van der Waals surface area contributed by atoms with Crippen molar-refractivity contribution in [3.05, 3.63) is 35.5 Å². The molecule has 0 spiro atoms. The van der Waals surface area contributed by atoms with Crippen LogP contribution in [0.1, 0.15) is 12.8 Å². The molecule has 1 N–H and O–H groups in total. The smallest absolute Gasteiger partial charge is 0.113 e. The van der Waals surface area contributed by atoms with E-state index in [2.05, 4.69) is 15.6 Å². The summed E-state index contributed by atoms with van der Waals surface area (Å²) in [5.74, 6) is 0. The minimum atomic E-state index is 0.532. The molecule has 1 saturated heterocycles. The Bertz CT molecular complexity index is 514. The van der Waals surface area contributed by atoms with Crippen LogP contribution in [0.5, 0.6) is 0 Å². The summed E-state index contributed by atoms with van der Waals surface area (Å²) in [7, 11) is 0. The van der Waals surface area contributed by atoms with Crippen molar-refractivity contribution >= 4 is 11.6 Å². The van der Waals surface area contributed by atoms with E-state index in [4.69, 9.17) is 11.6 Å². The second kappa shape index (κ2) is 5.08. The van der Waals surface area contributed by atoms with Crippen molar-refractivity contribution in [3.8, 4) is 11.3 Å². The maximum absolute atomic E-state index is 5.87. The monoisotopic (exact) mass is 262 g/mol. The normalized spacial score (nSPS) is 19.3. The van der Waals surface area contributed by atoms with Gasteiger partial charge in [-0.15, -0.1) is 5.10 Å². The van der Waals surface area contributed by atoms with Gasteiger partial charge in [0.15, 0.2) is 0 Å². The molecule has 5 heteroatoms. The Morgan fingerprint density at radius 3 is 2.89 bits per heavy atom. The predicted molar refractivity (Wildman–Crippen MR) is 71.5 cm³/mol. The molecule has 1 aliphatic heterocycles. The van der Waals surface area contributed by atoms with Crippen molar-refractivity contribution in [1.82, 2.24) is 20.3 Å². The first kappa shape index (κ1) is 11.7. The fraction of sp³-hybridized carbons (Fsp3) is 0.385. The zero-order valence-corrected chi connectivity index (χ0v) is 10.8. The van der Waals surface area contributed by atoms with E-state index in [1.54, 1.807) is 0 Å². The SMILES string of the molecule is Clc1ccc(-c2cn(C[C@@H]3CCCN3)nn2)cc1. The summed E-state index contributed by atoms with van der Waals surface area (Å²) in [6.07, 6.45) is 4.46. The lowest BCUT2D eigenvalue weighted by Gasteiger charge is -2.08. The van der Waals surface area contributed by atoms with Crippen molar-refractivity contribution in [2.45, 2.75) is 25.4 Å². The number of aromatic nitrogens is 3. The number of hydrogen-bond donors (Lipinski definition) is 1. The summed E-state index contributed by atoms with van der Waals surface area (Å²) < 4.78 is 1.91. The Balaban J connectivity index is 1.74. The van der Waals surface area contributed by atoms with Crippen LogP contribution in [0.2, 0.25) is 5.02 Å². The molecule has 1 fully saturated rings. The van der Waals surface area contributed by atoms with Gasteiger partial charge in [-0.05, 0) is 31.5 Å². The van der Waals surface area contributed by atoms with Gasteiger partial charge in [-0.3, -0.25) is 4.68 Å². The average molecular weight is 263 g/mol. The Kier molecular flexibility index (Phi) is 3.30. The van der Waals surface area contributed by atoms with Crippen LogP contribution in [0.4, 0.5) is 0 Å². The van der Waals surface area contributed by atoms with E-state index in [9.17, 15) is 0 Å². The summed E-state index contributed by atoms with van der Waals surface area (Å²) in [5, 5.41) is 12.6. The van der Waals surface area contributed by atoms with Crippen molar-refractivity contribution in [3.63, 3.8) is 0 Å². The molecule has 18 heavy (non-hydrogen) atoms. The molecule has 1 aromatic heterocycles. The summed E-state index contributed by atoms with van der Waals surface area (Å²) in [6.45, 7) is 2.00. The fourth-order valence-electron chi connectivity index (χ4n) is 2.28. The third-order valence-corrected chi connectivity index (χ3v) is 3.50. The lowest BCUT2D eigenvalue weighted by Crippen LogP contribution is -2.26. The molecule has 2 heterocycles. The molecule has 1 aliphatic rings. The van der Waals surface area contributed by atoms with Crippen LogP contribution >= 0.6 is 11.6 Å². The van der Waals surface area contributed by atoms with Gasteiger partial charge < -0.3 is 5.32 Å². The van der Waals surface area contributed by atoms with E-state index >= 15 is 0 Å². The van der Waals surface area contributed by atoms with Crippen LogP contribution in [0.25, 0.3) is 11.3 Å². The maximum atomic E-state index is 5.87. The highest BCUT2D eigenvalue weighted by atomic mass is 35.5. The largest absolute Gasteiger partial charge is 0.312 e. The van der Waals surface area contributed by atoms with Gasteiger partial charge in [0.25, 0.3) is 0 Å². The highest BCUT2D eigenvalue weighted by molar-refractivity contribution is 6.30. The summed E-state index contributed by atoms with van der Waals surface area (Å²) >= 11 is 5.87. The number of benzene rings is 1.